The number of fused-ring (bicyclic) bond motifs is 2. The van der Waals surface area contributed by atoms with Crippen molar-refractivity contribution >= 4 is 11.8 Å². The monoisotopic (exact) mass is 467 g/mol. The number of aliphatic carboxylic acids is 1. The van der Waals surface area contributed by atoms with Gasteiger partial charge in [0.2, 0.25) is 0 Å². The number of carbonyl (C=O) groups excluding carboxylic acids is 1. The predicted octanol–water partition coefficient (Wildman–Crippen LogP) is -0.0725. The number of alkyl halides is 1. The zero-order valence-corrected chi connectivity index (χ0v) is 18.8. The van der Waals surface area contributed by atoms with Crippen LogP contribution in [0, 0.1) is 5.92 Å². The maximum Gasteiger partial charge on any atom is 0.340 e. The Kier molecular flexibility index (Phi) is 6.72. The summed E-state index contributed by atoms with van der Waals surface area (Å²) in [6.07, 6.45) is 1.29. The van der Waals surface area contributed by atoms with Gasteiger partial charge in [0, 0.05) is 31.6 Å². The lowest BCUT2D eigenvalue weighted by atomic mass is 9.69. The number of morpholine rings is 2. The first-order chi connectivity index (χ1) is 15.9. The van der Waals surface area contributed by atoms with Crippen LogP contribution in [0.15, 0.2) is 11.8 Å². The minimum absolute atomic E-state index is 0.00831. The maximum atomic E-state index is 15.4. The van der Waals surface area contributed by atoms with Gasteiger partial charge in [-0.1, -0.05) is 0 Å². The maximum absolute atomic E-state index is 15.4. The molecule has 4 fully saturated rings. The van der Waals surface area contributed by atoms with E-state index in [0.717, 1.165) is 39.3 Å². The van der Waals surface area contributed by atoms with Crippen LogP contribution in [0.4, 0.5) is 4.39 Å². The molecule has 0 amide bonds. The van der Waals surface area contributed by atoms with Crippen LogP contribution in [0.2, 0.25) is 0 Å². The molecule has 10 heteroatoms. The number of rotatable bonds is 6. The summed E-state index contributed by atoms with van der Waals surface area (Å²) in [6, 6.07) is -1.08. The molecule has 3 aliphatic heterocycles. The number of halogens is 1. The molecular weight excluding hydrogens is 433 g/mol. The molecule has 3 heterocycles. The molecule has 2 aliphatic carbocycles. The number of ketones is 1. The van der Waals surface area contributed by atoms with Crippen molar-refractivity contribution in [2.45, 2.75) is 74.7 Å². The molecule has 33 heavy (non-hydrogen) atoms. The third kappa shape index (κ3) is 4.43. The molecule has 0 radical (unpaired) electrons. The van der Waals surface area contributed by atoms with Crippen molar-refractivity contribution in [1.82, 2.24) is 15.1 Å². The molecular formula is C23H34FN3O6. The van der Waals surface area contributed by atoms with Gasteiger partial charge in [-0.25, -0.2) is 9.18 Å². The van der Waals surface area contributed by atoms with E-state index >= 15 is 4.39 Å². The zero-order chi connectivity index (χ0) is 23.1. The molecule has 9 nitrogen and oxygen atoms in total. The normalized spacial score (nSPS) is 41.2. The number of nitrogens with zero attached hydrogens (tertiary/aromatic N) is 2. The number of aliphatic hydroxyl groups is 1. The van der Waals surface area contributed by atoms with Crippen molar-refractivity contribution in [2.24, 2.45) is 5.92 Å². The SMILES string of the molecule is O=C(O)C1=CN2C3CCC(O)CC3OC3C(NCCCN4CCOCC4)C(F)CC(C1=O)C32. The average molecular weight is 468 g/mol. The fourth-order valence-corrected chi connectivity index (χ4v) is 6.38. The first-order valence-electron chi connectivity index (χ1n) is 12.2. The summed E-state index contributed by atoms with van der Waals surface area (Å²) in [5, 5.41) is 23.2. The van der Waals surface area contributed by atoms with Gasteiger partial charge < -0.3 is 29.9 Å². The van der Waals surface area contributed by atoms with Gasteiger partial charge in [-0.05, 0) is 38.8 Å². The second-order valence-corrected chi connectivity index (χ2v) is 9.97. The zero-order valence-electron chi connectivity index (χ0n) is 18.8. The Bertz CT molecular complexity index is 790. The van der Waals surface area contributed by atoms with E-state index in [4.69, 9.17) is 9.47 Å². The topological polar surface area (TPSA) is 112 Å². The van der Waals surface area contributed by atoms with E-state index in [0.29, 0.717) is 25.8 Å². The highest BCUT2D eigenvalue weighted by molar-refractivity contribution is 6.18. The molecule has 0 bridgehead atoms. The highest BCUT2D eigenvalue weighted by Gasteiger charge is 2.58. The summed E-state index contributed by atoms with van der Waals surface area (Å²) < 4.78 is 27.2. The fraction of sp³-hybridized carbons (Fsp3) is 0.826. The van der Waals surface area contributed by atoms with Crippen LogP contribution >= 0.6 is 0 Å². The number of hydrogen-bond donors (Lipinski definition) is 3. The van der Waals surface area contributed by atoms with Crippen molar-refractivity contribution in [3.63, 3.8) is 0 Å². The van der Waals surface area contributed by atoms with Crippen LogP contribution in [0.3, 0.4) is 0 Å². The average Bonchev–Trinajstić information content (AvgIpc) is 2.80. The summed E-state index contributed by atoms with van der Waals surface area (Å²) in [5.74, 6) is -2.51. The summed E-state index contributed by atoms with van der Waals surface area (Å²) in [7, 11) is 0. The summed E-state index contributed by atoms with van der Waals surface area (Å²) in [5.41, 5.74) is -0.272. The fourth-order valence-electron chi connectivity index (χ4n) is 6.38. The predicted molar refractivity (Wildman–Crippen MR) is 115 cm³/mol. The van der Waals surface area contributed by atoms with E-state index < -0.39 is 42.1 Å². The molecule has 0 aromatic rings. The Labute approximate surface area is 192 Å². The van der Waals surface area contributed by atoms with E-state index in [1.807, 2.05) is 4.90 Å². The first kappa shape index (κ1) is 23.2. The van der Waals surface area contributed by atoms with E-state index in [1.165, 1.54) is 6.20 Å². The molecule has 8 unspecified atom stereocenters. The molecule has 2 saturated heterocycles. The van der Waals surface area contributed by atoms with Crippen LogP contribution < -0.4 is 5.32 Å². The number of aliphatic hydroxyl groups excluding tert-OH is 1. The largest absolute Gasteiger partial charge is 0.478 e. The molecule has 0 aromatic carbocycles. The Morgan fingerprint density at radius 3 is 2.79 bits per heavy atom. The van der Waals surface area contributed by atoms with Gasteiger partial charge >= 0.3 is 5.97 Å². The number of ether oxygens (including phenoxy) is 2. The lowest BCUT2D eigenvalue weighted by Gasteiger charge is -2.59. The van der Waals surface area contributed by atoms with Gasteiger partial charge in [0.15, 0.2) is 5.78 Å². The summed E-state index contributed by atoms with van der Waals surface area (Å²) in [4.78, 5) is 29.0. The highest BCUT2D eigenvalue weighted by Crippen LogP contribution is 2.45. The molecule has 3 N–H and O–H groups in total. The Hall–Kier alpha value is -1.59. The van der Waals surface area contributed by atoms with Crippen molar-refractivity contribution in [3.8, 4) is 0 Å². The van der Waals surface area contributed by atoms with Crippen LogP contribution in [0.5, 0.6) is 0 Å². The standard InChI is InChI=1S/C23H34FN3O6/c24-16-11-14-20-22(19(16)25-4-1-5-26-6-8-32-9-7-26)33-18-10-13(28)2-3-17(18)27(20)12-15(21(14)29)23(30)31/h12-14,16-20,22,25,28H,1-11H2,(H,30,31). The number of carbonyl (C=O) groups is 2. The number of carboxylic acids is 1. The van der Waals surface area contributed by atoms with Crippen molar-refractivity contribution in [1.29, 1.82) is 0 Å². The second kappa shape index (κ2) is 9.58. The molecule has 0 aromatic heterocycles. The molecule has 0 spiro atoms. The second-order valence-electron chi connectivity index (χ2n) is 9.97. The van der Waals surface area contributed by atoms with Gasteiger partial charge in [-0.3, -0.25) is 9.69 Å². The Balaban J connectivity index is 1.33. The molecule has 2 saturated carbocycles. The van der Waals surface area contributed by atoms with E-state index in [-0.39, 0.29) is 30.2 Å². The van der Waals surface area contributed by atoms with Crippen LogP contribution in [-0.2, 0) is 19.1 Å². The van der Waals surface area contributed by atoms with E-state index in [1.54, 1.807) is 0 Å². The van der Waals surface area contributed by atoms with Crippen molar-refractivity contribution in [3.05, 3.63) is 11.8 Å². The van der Waals surface area contributed by atoms with Gasteiger partial charge in [0.1, 0.15) is 11.7 Å². The smallest absolute Gasteiger partial charge is 0.340 e. The van der Waals surface area contributed by atoms with Crippen LogP contribution in [-0.4, -0.2) is 114 Å². The molecule has 184 valence electrons. The van der Waals surface area contributed by atoms with Crippen molar-refractivity contribution in [2.75, 3.05) is 39.4 Å². The minimum Gasteiger partial charge on any atom is -0.478 e. The summed E-state index contributed by atoms with van der Waals surface area (Å²) in [6.45, 7) is 4.83. The van der Waals surface area contributed by atoms with Gasteiger partial charge in [-0.15, -0.1) is 0 Å². The molecule has 5 aliphatic rings. The van der Waals surface area contributed by atoms with Gasteiger partial charge in [0.05, 0.1) is 49.7 Å². The summed E-state index contributed by atoms with van der Waals surface area (Å²) >= 11 is 0. The Morgan fingerprint density at radius 1 is 1.24 bits per heavy atom. The third-order valence-electron chi connectivity index (χ3n) is 8.01. The quantitative estimate of drug-likeness (QED) is 0.365. The molecule has 5 rings (SSSR count). The van der Waals surface area contributed by atoms with E-state index in [9.17, 15) is 19.8 Å². The lowest BCUT2D eigenvalue weighted by Crippen LogP contribution is -2.73. The number of nitrogens with one attached hydrogen (secondary N) is 1. The highest BCUT2D eigenvalue weighted by atomic mass is 19.1. The van der Waals surface area contributed by atoms with Gasteiger partial charge in [-0.2, -0.15) is 0 Å². The number of Topliss-reactive ketones (excluding diaryl/α,β-unsaturated/α-hetero) is 1. The minimum atomic E-state index is -1.32. The third-order valence-corrected chi connectivity index (χ3v) is 8.01. The van der Waals surface area contributed by atoms with Crippen molar-refractivity contribution < 1.29 is 33.7 Å². The van der Waals surface area contributed by atoms with Crippen LogP contribution in [0.1, 0.15) is 32.1 Å². The van der Waals surface area contributed by atoms with E-state index in [2.05, 4.69) is 10.2 Å². The first-order valence-corrected chi connectivity index (χ1v) is 12.2. The number of hydrogen-bond acceptors (Lipinski definition) is 8. The molecule has 8 atom stereocenters. The lowest BCUT2D eigenvalue weighted by molar-refractivity contribution is -0.205. The Morgan fingerprint density at radius 2 is 2.03 bits per heavy atom. The van der Waals surface area contributed by atoms with Gasteiger partial charge in [0.25, 0.3) is 0 Å². The van der Waals surface area contributed by atoms with Crippen LogP contribution in [0.25, 0.3) is 0 Å². The number of carboxylic acid groups (broad SMARTS) is 1.